The van der Waals surface area contributed by atoms with Crippen molar-refractivity contribution >= 4 is 8.32 Å². The Labute approximate surface area is 178 Å². The Kier molecular flexibility index (Phi) is 5.90. The molecule has 0 amide bonds. The van der Waals surface area contributed by atoms with Gasteiger partial charge in [-0.15, -0.1) is 0 Å². The van der Waals surface area contributed by atoms with Crippen LogP contribution < -0.4 is 0 Å². The van der Waals surface area contributed by atoms with Crippen LogP contribution in [0, 0.1) is 28.1 Å². The zero-order valence-electron chi connectivity index (χ0n) is 19.2. The van der Waals surface area contributed by atoms with Crippen LogP contribution in [0.4, 0.5) is 0 Å². The van der Waals surface area contributed by atoms with Gasteiger partial charge < -0.3 is 9.16 Å². The zero-order valence-corrected chi connectivity index (χ0v) is 20.2. The minimum Gasteiger partial charge on any atom is -0.412 e. The first-order valence-electron chi connectivity index (χ1n) is 10.9. The van der Waals surface area contributed by atoms with E-state index in [9.17, 15) is 5.26 Å². The van der Waals surface area contributed by atoms with Crippen LogP contribution in [0.1, 0.15) is 53.0 Å². The van der Waals surface area contributed by atoms with Gasteiger partial charge in [0.15, 0.2) is 8.32 Å². The van der Waals surface area contributed by atoms with E-state index in [2.05, 4.69) is 72.0 Å². The Hall–Kier alpha value is -1.41. The van der Waals surface area contributed by atoms with Crippen LogP contribution in [-0.2, 0) is 15.8 Å². The van der Waals surface area contributed by atoms with Crippen molar-refractivity contribution in [3.05, 3.63) is 47.5 Å². The fourth-order valence-corrected chi connectivity index (χ4v) is 6.09. The molecule has 2 aliphatic rings. The van der Waals surface area contributed by atoms with E-state index >= 15 is 0 Å². The molecule has 4 heteroatoms. The molecular weight excluding hydrogens is 374 g/mol. The maximum atomic E-state index is 10.3. The van der Waals surface area contributed by atoms with Crippen molar-refractivity contribution in [1.82, 2.24) is 0 Å². The van der Waals surface area contributed by atoms with Gasteiger partial charge in [0.1, 0.15) is 5.41 Å². The lowest BCUT2D eigenvalue weighted by atomic mass is 9.71. The van der Waals surface area contributed by atoms with E-state index in [4.69, 9.17) is 9.16 Å². The number of ether oxygens (including phenoxy) is 1. The van der Waals surface area contributed by atoms with Gasteiger partial charge in [-0.05, 0) is 47.5 Å². The van der Waals surface area contributed by atoms with Gasteiger partial charge in [-0.3, -0.25) is 0 Å². The molecule has 1 aromatic rings. The first-order valence-corrected chi connectivity index (χ1v) is 13.8. The van der Waals surface area contributed by atoms with Crippen LogP contribution in [0.3, 0.4) is 0 Å². The van der Waals surface area contributed by atoms with Crippen molar-refractivity contribution in [2.45, 2.75) is 78.3 Å². The number of rotatable bonds is 6. The van der Waals surface area contributed by atoms with Gasteiger partial charge in [0, 0.05) is 5.92 Å². The number of fused-ring (bicyclic) bond motifs is 1. The average molecular weight is 412 g/mol. The van der Waals surface area contributed by atoms with Gasteiger partial charge in [-0.1, -0.05) is 71.0 Å². The van der Waals surface area contributed by atoms with Crippen molar-refractivity contribution < 1.29 is 9.16 Å². The molecule has 0 radical (unpaired) electrons. The standard InChI is InChI=1S/C25H37NO2Si/c1-23(2,3)29(6,7)28-21-13-15-24(4,5)22-20(25(21,22)18-26)14-16-27-17-19-11-9-8-10-12-19/h8-12,14,21-22H,13,15-17H2,1-7H3/b20-14+/t21-,22+,25-/m0/s1. The summed E-state index contributed by atoms with van der Waals surface area (Å²) in [5.74, 6) is 0.281. The maximum Gasteiger partial charge on any atom is 0.192 e. The Balaban J connectivity index is 1.76. The molecule has 3 atom stereocenters. The highest BCUT2D eigenvalue weighted by Gasteiger charge is 2.72. The zero-order chi connectivity index (χ0) is 21.5. The van der Waals surface area contributed by atoms with Crippen LogP contribution in [0.2, 0.25) is 18.1 Å². The monoisotopic (exact) mass is 411 g/mol. The van der Waals surface area contributed by atoms with Gasteiger partial charge in [-0.2, -0.15) is 5.26 Å². The van der Waals surface area contributed by atoms with Crippen molar-refractivity contribution in [3.8, 4) is 6.07 Å². The van der Waals surface area contributed by atoms with Crippen molar-refractivity contribution in [2.75, 3.05) is 6.61 Å². The van der Waals surface area contributed by atoms with E-state index in [1.165, 1.54) is 11.1 Å². The highest BCUT2D eigenvalue weighted by Crippen LogP contribution is 2.72. The summed E-state index contributed by atoms with van der Waals surface area (Å²) in [4.78, 5) is 0. The first kappa shape index (κ1) is 22.3. The number of hydrogen-bond donors (Lipinski definition) is 0. The molecule has 0 saturated heterocycles. The van der Waals surface area contributed by atoms with Gasteiger partial charge in [-0.25, -0.2) is 0 Å². The van der Waals surface area contributed by atoms with Gasteiger partial charge in [0.2, 0.25) is 0 Å². The minimum atomic E-state index is -1.94. The molecule has 2 fully saturated rings. The summed E-state index contributed by atoms with van der Waals surface area (Å²) in [5.41, 5.74) is 2.09. The molecule has 0 aromatic heterocycles. The lowest BCUT2D eigenvalue weighted by Crippen LogP contribution is -2.48. The second kappa shape index (κ2) is 7.69. The van der Waals surface area contributed by atoms with E-state index in [0.717, 1.165) is 12.8 Å². The number of nitriles is 1. The molecule has 0 N–H and O–H groups in total. The third kappa shape index (κ3) is 4.10. The summed E-state index contributed by atoms with van der Waals surface area (Å²) in [7, 11) is -1.94. The van der Waals surface area contributed by atoms with E-state index in [1.807, 2.05) is 18.2 Å². The third-order valence-corrected chi connectivity index (χ3v) is 11.9. The van der Waals surface area contributed by atoms with Crippen molar-refractivity contribution in [1.29, 1.82) is 5.26 Å². The van der Waals surface area contributed by atoms with Crippen molar-refractivity contribution in [3.63, 3.8) is 0 Å². The van der Waals surface area contributed by atoms with Gasteiger partial charge in [0.05, 0.1) is 25.4 Å². The molecule has 0 unspecified atom stereocenters. The fraction of sp³-hybridized carbons (Fsp3) is 0.640. The largest absolute Gasteiger partial charge is 0.412 e. The van der Waals surface area contributed by atoms with Crippen LogP contribution in [0.5, 0.6) is 0 Å². The van der Waals surface area contributed by atoms with E-state index in [-0.39, 0.29) is 22.5 Å². The van der Waals surface area contributed by atoms with Crippen molar-refractivity contribution in [2.24, 2.45) is 16.7 Å². The van der Waals surface area contributed by atoms with Crippen LogP contribution in [0.15, 0.2) is 42.0 Å². The number of nitrogens with zero attached hydrogens (tertiary/aromatic N) is 1. The summed E-state index contributed by atoms with van der Waals surface area (Å²) >= 11 is 0. The molecule has 0 heterocycles. The summed E-state index contributed by atoms with van der Waals surface area (Å²) in [6.07, 6.45) is 4.24. The fourth-order valence-electron chi connectivity index (χ4n) is 4.73. The molecule has 1 aromatic carbocycles. The molecule has 0 spiro atoms. The molecule has 3 nitrogen and oxygen atoms in total. The highest BCUT2D eigenvalue weighted by atomic mass is 28.4. The topological polar surface area (TPSA) is 42.2 Å². The molecular formula is C25H37NO2Si. The smallest absolute Gasteiger partial charge is 0.192 e. The Morgan fingerprint density at radius 2 is 1.86 bits per heavy atom. The molecule has 0 bridgehead atoms. The predicted molar refractivity (Wildman–Crippen MR) is 121 cm³/mol. The summed E-state index contributed by atoms with van der Waals surface area (Å²) in [6, 6.07) is 12.9. The second-order valence-electron chi connectivity index (χ2n) is 11.0. The highest BCUT2D eigenvalue weighted by molar-refractivity contribution is 6.74. The summed E-state index contributed by atoms with van der Waals surface area (Å²) < 4.78 is 12.7. The lowest BCUT2D eigenvalue weighted by molar-refractivity contribution is 0.0477. The van der Waals surface area contributed by atoms with Gasteiger partial charge >= 0.3 is 0 Å². The molecule has 2 saturated carbocycles. The van der Waals surface area contributed by atoms with E-state index in [1.54, 1.807) is 0 Å². The third-order valence-electron chi connectivity index (χ3n) is 7.46. The van der Waals surface area contributed by atoms with Gasteiger partial charge in [0.25, 0.3) is 0 Å². The molecule has 0 aliphatic heterocycles. The number of benzene rings is 1. The van der Waals surface area contributed by atoms with E-state index < -0.39 is 13.7 Å². The second-order valence-corrected chi connectivity index (χ2v) is 15.7. The molecule has 3 rings (SSSR count). The first-order chi connectivity index (χ1) is 13.5. The van der Waals surface area contributed by atoms with Crippen LogP contribution >= 0.6 is 0 Å². The van der Waals surface area contributed by atoms with Crippen LogP contribution in [-0.4, -0.2) is 21.0 Å². The quantitative estimate of drug-likeness (QED) is 0.306. The Morgan fingerprint density at radius 3 is 2.45 bits per heavy atom. The maximum absolute atomic E-state index is 10.3. The molecule has 29 heavy (non-hydrogen) atoms. The van der Waals surface area contributed by atoms with E-state index in [0.29, 0.717) is 13.2 Å². The lowest BCUT2D eigenvalue weighted by Gasteiger charge is -2.44. The summed E-state index contributed by atoms with van der Waals surface area (Å²) in [6.45, 7) is 17.1. The minimum absolute atomic E-state index is 0.00629. The SMILES string of the molecule is CC1(C)CC[C@H](O[Si](C)(C)C(C)(C)C)[C@]2(C#N)/C(=C/COCc3ccccc3)[C@H]12. The summed E-state index contributed by atoms with van der Waals surface area (Å²) in [5, 5.41) is 10.4. The molecule has 158 valence electrons. The normalized spacial score (nSPS) is 29.9. The Morgan fingerprint density at radius 1 is 1.21 bits per heavy atom. The van der Waals surface area contributed by atoms with Crippen LogP contribution in [0.25, 0.3) is 0 Å². The predicted octanol–water partition coefficient (Wildman–Crippen LogP) is 6.48. The average Bonchev–Trinajstić information content (AvgIpc) is 3.32. The number of hydrogen-bond acceptors (Lipinski definition) is 3. The molecule has 2 aliphatic carbocycles. The Bertz CT molecular complexity index is 800.